The molecule has 1 aliphatic rings. The van der Waals surface area contributed by atoms with Gasteiger partial charge in [0.25, 0.3) is 0 Å². The smallest absolute Gasteiger partial charge is 0.227 e. The lowest BCUT2D eigenvalue weighted by Crippen LogP contribution is -2.45. The molecule has 1 atom stereocenters. The Balaban J connectivity index is 2.36. The van der Waals surface area contributed by atoms with Crippen LogP contribution in [0.25, 0.3) is 0 Å². The molecule has 20 heavy (non-hydrogen) atoms. The molecule has 0 spiro atoms. The van der Waals surface area contributed by atoms with Gasteiger partial charge in [-0.25, -0.2) is 0 Å². The van der Waals surface area contributed by atoms with E-state index < -0.39 is 0 Å². The van der Waals surface area contributed by atoms with Gasteiger partial charge in [0.05, 0.1) is 12.2 Å². The van der Waals surface area contributed by atoms with Gasteiger partial charge in [0.2, 0.25) is 5.91 Å². The van der Waals surface area contributed by atoms with Crippen LogP contribution >= 0.6 is 0 Å². The van der Waals surface area contributed by atoms with E-state index in [0.717, 1.165) is 23.4 Å². The number of anilines is 1. The number of carbonyl (C=O) groups excluding carboxylic acids is 1. The zero-order chi connectivity index (χ0) is 14.7. The number of hydrogen-bond donors (Lipinski definition) is 1. The second-order valence-electron chi connectivity index (χ2n) is 5.66. The third-order valence-electron chi connectivity index (χ3n) is 3.70. The zero-order valence-electron chi connectivity index (χ0n) is 12.6. The molecule has 4 nitrogen and oxygen atoms in total. The molecule has 1 aliphatic heterocycles. The van der Waals surface area contributed by atoms with Gasteiger partial charge < -0.3 is 15.4 Å². The molecule has 1 heterocycles. The number of nitrogens with zero attached hydrogens (tertiary/aromatic N) is 1. The molecule has 0 radical (unpaired) electrons. The summed E-state index contributed by atoms with van der Waals surface area (Å²) in [6, 6.07) is 5.86. The van der Waals surface area contributed by atoms with Gasteiger partial charge in [0, 0.05) is 13.0 Å². The van der Waals surface area contributed by atoms with Crippen LogP contribution in [0.2, 0.25) is 0 Å². The van der Waals surface area contributed by atoms with Crippen molar-refractivity contribution in [3.63, 3.8) is 0 Å². The van der Waals surface area contributed by atoms with Crippen molar-refractivity contribution >= 4 is 11.6 Å². The van der Waals surface area contributed by atoms with Gasteiger partial charge in [-0.1, -0.05) is 26.8 Å². The van der Waals surface area contributed by atoms with Crippen LogP contribution in [0, 0.1) is 5.92 Å². The molecule has 4 heteroatoms. The lowest BCUT2D eigenvalue weighted by molar-refractivity contribution is -0.119. The maximum absolute atomic E-state index is 12.3. The predicted octanol–water partition coefficient (Wildman–Crippen LogP) is 2.70. The standard InChI is InChI=1S/C16H24N2O2/c1-4-5-16(19)18-10-15(11(2)3)20-14-8-12(9-17)6-7-13(14)18/h6-8,11,15H,4-5,9-10,17H2,1-3H3. The molecule has 110 valence electrons. The number of fused-ring (bicyclic) bond motifs is 1. The summed E-state index contributed by atoms with van der Waals surface area (Å²) in [5.41, 5.74) is 7.58. The number of rotatable bonds is 4. The van der Waals surface area contributed by atoms with E-state index in [-0.39, 0.29) is 12.0 Å². The van der Waals surface area contributed by atoms with Crippen molar-refractivity contribution in [1.29, 1.82) is 0 Å². The second-order valence-corrected chi connectivity index (χ2v) is 5.66. The Hall–Kier alpha value is -1.55. The van der Waals surface area contributed by atoms with Gasteiger partial charge in [-0.3, -0.25) is 4.79 Å². The van der Waals surface area contributed by atoms with Crippen LogP contribution in [0.3, 0.4) is 0 Å². The first-order chi connectivity index (χ1) is 9.56. The van der Waals surface area contributed by atoms with E-state index in [1.807, 2.05) is 30.0 Å². The second kappa shape index (κ2) is 6.27. The SMILES string of the molecule is CCCC(=O)N1CC(C(C)C)Oc2cc(CN)ccc21. The van der Waals surface area contributed by atoms with E-state index >= 15 is 0 Å². The molecular formula is C16H24N2O2. The van der Waals surface area contributed by atoms with Crippen molar-refractivity contribution < 1.29 is 9.53 Å². The molecule has 0 aliphatic carbocycles. The highest BCUT2D eigenvalue weighted by Crippen LogP contribution is 2.36. The molecule has 0 bridgehead atoms. The molecule has 2 N–H and O–H groups in total. The van der Waals surface area contributed by atoms with Crippen molar-refractivity contribution in [3.05, 3.63) is 23.8 Å². The fraction of sp³-hybridized carbons (Fsp3) is 0.562. The molecule has 2 rings (SSSR count). The summed E-state index contributed by atoms with van der Waals surface area (Å²) in [5.74, 6) is 1.31. The average Bonchev–Trinajstić information content (AvgIpc) is 2.45. The first-order valence-electron chi connectivity index (χ1n) is 7.36. The topological polar surface area (TPSA) is 55.6 Å². The average molecular weight is 276 g/mol. The summed E-state index contributed by atoms with van der Waals surface area (Å²) < 4.78 is 6.04. The lowest BCUT2D eigenvalue weighted by atomic mass is 10.0. The van der Waals surface area contributed by atoms with Gasteiger partial charge in [-0.15, -0.1) is 0 Å². The highest BCUT2D eigenvalue weighted by atomic mass is 16.5. The third-order valence-corrected chi connectivity index (χ3v) is 3.70. The Morgan fingerprint density at radius 1 is 1.50 bits per heavy atom. The maximum Gasteiger partial charge on any atom is 0.227 e. The van der Waals surface area contributed by atoms with Crippen molar-refractivity contribution in [3.8, 4) is 5.75 Å². The Morgan fingerprint density at radius 3 is 2.85 bits per heavy atom. The zero-order valence-corrected chi connectivity index (χ0v) is 12.6. The number of ether oxygens (including phenoxy) is 1. The molecule has 1 aromatic carbocycles. The summed E-state index contributed by atoms with van der Waals surface area (Å²) in [5, 5.41) is 0. The van der Waals surface area contributed by atoms with Crippen LogP contribution in [0.15, 0.2) is 18.2 Å². The third kappa shape index (κ3) is 2.96. The summed E-state index contributed by atoms with van der Waals surface area (Å²) in [6.45, 7) is 7.36. The number of nitrogens with two attached hydrogens (primary N) is 1. The van der Waals surface area contributed by atoms with E-state index in [4.69, 9.17) is 10.5 Å². The minimum absolute atomic E-state index is 0.0383. The van der Waals surface area contributed by atoms with Crippen molar-refractivity contribution in [2.24, 2.45) is 11.7 Å². The number of amides is 1. The molecular weight excluding hydrogens is 252 g/mol. The van der Waals surface area contributed by atoms with Gasteiger partial charge in [0.15, 0.2) is 0 Å². The fourth-order valence-corrected chi connectivity index (χ4v) is 2.41. The Labute approximate surface area is 120 Å². The summed E-state index contributed by atoms with van der Waals surface area (Å²) in [4.78, 5) is 14.2. The van der Waals surface area contributed by atoms with E-state index in [1.165, 1.54) is 0 Å². The van der Waals surface area contributed by atoms with Crippen LogP contribution in [-0.2, 0) is 11.3 Å². The number of hydrogen-bond acceptors (Lipinski definition) is 3. The van der Waals surface area contributed by atoms with E-state index in [2.05, 4.69) is 13.8 Å². The van der Waals surface area contributed by atoms with Crippen molar-refractivity contribution in [1.82, 2.24) is 0 Å². The first-order valence-corrected chi connectivity index (χ1v) is 7.36. The Morgan fingerprint density at radius 2 is 2.25 bits per heavy atom. The quantitative estimate of drug-likeness (QED) is 0.920. The molecule has 0 fully saturated rings. The first kappa shape index (κ1) is 14.9. The fourth-order valence-electron chi connectivity index (χ4n) is 2.41. The highest BCUT2D eigenvalue weighted by Gasteiger charge is 2.31. The summed E-state index contributed by atoms with van der Waals surface area (Å²) in [6.07, 6.45) is 1.47. The predicted molar refractivity (Wildman–Crippen MR) is 80.8 cm³/mol. The summed E-state index contributed by atoms with van der Waals surface area (Å²) in [7, 11) is 0. The van der Waals surface area contributed by atoms with E-state index in [1.54, 1.807) is 0 Å². The van der Waals surface area contributed by atoms with E-state index in [0.29, 0.717) is 25.4 Å². The molecule has 0 aromatic heterocycles. The largest absolute Gasteiger partial charge is 0.486 e. The van der Waals surface area contributed by atoms with Gasteiger partial charge in [0.1, 0.15) is 11.9 Å². The normalized spacial score (nSPS) is 17.9. The number of benzene rings is 1. The van der Waals surface area contributed by atoms with Crippen molar-refractivity contribution in [2.75, 3.05) is 11.4 Å². The van der Waals surface area contributed by atoms with E-state index in [9.17, 15) is 4.79 Å². The van der Waals surface area contributed by atoms with Gasteiger partial charge in [-0.2, -0.15) is 0 Å². The summed E-state index contributed by atoms with van der Waals surface area (Å²) >= 11 is 0. The van der Waals surface area contributed by atoms with Crippen molar-refractivity contribution in [2.45, 2.75) is 46.3 Å². The minimum atomic E-state index is 0.0383. The number of carbonyl (C=O) groups is 1. The molecule has 0 saturated heterocycles. The van der Waals surface area contributed by atoms with Crippen LogP contribution in [0.1, 0.15) is 39.2 Å². The molecule has 1 aromatic rings. The van der Waals surface area contributed by atoms with Crippen LogP contribution < -0.4 is 15.4 Å². The maximum atomic E-state index is 12.3. The van der Waals surface area contributed by atoms with Gasteiger partial charge >= 0.3 is 0 Å². The molecule has 1 unspecified atom stereocenters. The van der Waals surface area contributed by atoms with Crippen LogP contribution in [0.5, 0.6) is 5.75 Å². The van der Waals surface area contributed by atoms with Crippen LogP contribution in [-0.4, -0.2) is 18.6 Å². The Bertz CT molecular complexity index is 485. The minimum Gasteiger partial charge on any atom is -0.486 e. The lowest BCUT2D eigenvalue weighted by Gasteiger charge is -2.37. The Kier molecular flexibility index (Phi) is 4.65. The van der Waals surface area contributed by atoms with Crippen LogP contribution in [0.4, 0.5) is 5.69 Å². The monoisotopic (exact) mass is 276 g/mol. The highest BCUT2D eigenvalue weighted by molar-refractivity contribution is 5.95. The molecule has 0 saturated carbocycles. The van der Waals surface area contributed by atoms with Gasteiger partial charge in [-0.05, 0) is 30.0 Å². The molecule has 1 amide bonds.